The number of benzene rings is 2. The third-order valence-electron chi connectivity index (χ3n) is 3.90. The van der Waals surface area contributed by atoms with E-state index in [0.717, 1.165) is 10.8 Å². The van der Waals surface area contributed by atoms with E-state index in [2.05, 4.69) is 0 Å². The molecule has 0 aliphatic heterocycles. The summed E-state index contributed by atoms with van der Waals surface area (Å²) in [7, 11) is 0. The van der Waals surface area contributed by atoms with Gasteiger partial charge in [0.15, 0.2) is 0 Å². The number of ether oxygens (including phenoxy) is 1. The number of fused-ring (bicyclic) bond motifs is 1. The van der Waals surface area contributed by atoms with Gasteiger partial charge in [0.25, 0.3) is 0 Å². The molecular weight excluding hydrogens is 318 g/mol. The lowest BCUT2D eigenvalue weighted by atomic mass is 10.0. The van der Waals surface area contributed by atoms with Gasteiger partial charge >= 0.3 is 6.09 Å². The van der Waals surface area contributed by atoms with Gasteiger partial charge in [0.2, 0.25) is 0 Å². The minimum Gasteiger partial charge on any atom is -0.507 e. The predicted molar refractivity (Wildman–Crippen MR) is 98.6 cm³/mol. The average molecular weight is 345 g/mol. The molecule has 2 aromatic rings. The predicted octanol–water partition coefficient (Wildman–Crippen LogP) is 4.05. The molecule has 0 aliphatic carbocycles. The van der Waals surface area contributed by atoms with Crippen molar-refractivity contribution in [3.05, 3.63) is 42.0 Å². The number of amides is 1. The molecule has 0 spiro atoms. The minimum atomic E-state index is -0.643. The van der Waals surface area contributed by atoms with Crippen LogP contribution in [0.1, 0.15) is 39.7 Å². The van der Waals surface area contributed by atoms with Crippen LogP contribution in [0, 0.1) is 0 Å². The summed E-state index contributed by atoms with van der Waals surface area (Å²) in [5, 5.41) is 22.2. The Labute approximate surface area is 148 Å². The lowest BCUT2D eigenvalue weighted by Gasteiger charge is -2.29. The maximum atomic E-state index is 12.5. The standard InChI is InChI=1S/C20H27NO4/c1-5-16(22)13-21(19(24)25-20(2,3)4)12-15-11-10-14-8-6-7-9-17(14)18(15)23/h6-11,16,22-23H,5,12-13H2,1-4H3/t16-/m0/s1. The molecule has 0 saturated heterocycles. The average Bonchev–Trinajstić information content (AvgIpc) is 2.55. The SMILES string of the molecule is CC[C@H](O)CN(Cc1ccc2ccccc2c1O)C(=O)OC(C)(C)C. The number of carbonyl (C=O) groups excluding carboxylic acids is 1. The van der Waals surface area contributed by atoms with Crippen LogP contribution in [0.5, 0.6) is 5.75 Å². The van der Waals surface area contributed by atoms with Crippen LogP contribution < -0.4 is 0 Å². The first-order chi connectivity index (χ1) is 11.7. The second-order valence-electron chi connectivity index (χ2n) is 7.22. The summed E-state index contributed by atoms with van der Waals surface area (Å²) in [6.07, 6.45) is -0.620. The molecule has 0 radical (unpaired) electrons. The highest BCUT2D eigenvalue weighted by atomic mass is 16.6. The van der Waals surface area contributed by atoms with Crippen LogP contribution in [-0.4, -0.2) is 39.5 Å². The van der Waals surface area contributed by atoms with Crippen molar-refractivity contribution in [2.75, 3.05) is 6.54 Å². The van der Waals surface area contributed by atoms with E-state index in [1.165, 1.54) is 4.90 Å². The van der Waals surface area contributed by atoms with Crippen molar-refractivity contribution in [2.24, 2.45) is 0 Å². The van der Waals surface area contributed by atoms with Gasteiger partial charge in [0, 0.05) is 10.9 Å². The van der Waals surface area contributed by atoms with Crippen LogP contribution in [0.4, 0.5) is 4.79 Å². The summed E-state index contributed by atoms with van der Waals surface area (Å²) in [6.45, 7) is 7.57. The van der Waals surface area contributed by atoms with Crippen molar-refractivity contribution in [2.45, 2.75) is 52.4 Å². The molecule has 136 valence electrons. The van der Waals surface area contributed by atoms with Gasteiger partial charge in [0.1, 0.15) is 11.4 Å². The van der Waals surface area contributed by atoms with Crippen molar-refractivity contribution in [1.29, 1.82) is 0 Å². The number of hydrogen-bond acceptors (Lipinski definition) is 4. The molecule has 5 heteroatoms. The second-order valence-corrected chi connectivity index (χ2v) is 7.22. The van der Waals surface area contributed by atoms with Crippen molar-refractivity contribution in [3.63, 3.8) is 0 Å². The van der Waals surface area contributed by atoms with E-state index in [4.69, 9.17) is 4.74 Å². The topological polar surface area (TPSA) is 70.0 Å². The lowest BCUT2D eigenvalue weighted by molar-refractivity contribution is 0.0122. The fourth-order valence-electron chi connectivity index (χ4n) is 2.55. The molecule has 2 N–H and O–H groups in total. The van der Waals surface area contributed by atoms with Crippen LogP contribution in [0.25, 0.3) is 10.8 Å². The van der Waals surface area contributed by atoms with Gasteiger partial charge in [-0.3, -0.25) is 0 Å². The van der Waals surface area contributed by atoms with Crippen molar-refractivity contribution < 1.29 is 19.7 Å². The maximum absolute atomic E-state index is 12.5. The molecule has 0 aliphatic rings. The third kappa shape index (κ3) is 5.10. The van der Waals surface area contributed by atoms with E-state index in [1.54, 1.807) is 26.8 Å². The van der Waals surface area contributed by atoms with Crippen LogP contribution in [-0.2, 0) is 11.3 Å². The summed E-state index contributed by atoms with van der Waals surface area (Å²) < 4.78 is 5.44. The first-order valence-electron chi connectivity index (χ1n) is 8.57. The Balaban J connectivity index is 2.29. The molecule has 2 rings (SSSR count). The monoisotopic (exact) mass is 345 g/mol. The van der Waals surface area contributed by atoms with Gasteiger partial charge in [-0.25, -0.2) is 4.79 Å². The number of hydrogen-bond donors (Lipinski definition) is 2. The summed E-state index contributed by atoms with van der Waals surface area (Å²) in [5.41, 5.74) is -0.00866. The van der Waals surface area contributed by atoms with Crippen LogP contribution >= 0.6 is 0 Å². The number of aromatic hydroxyl groups is 1. The lowest BCUT2D eigenvalue weighted by Crippen LogP contribution is -2.40. The van der Waals surface area contributed by atoms with Crippen LogP contribution in [0.15, 0.2) is 36.4 Å². The van der Waals surface area contributed by atoms with E-state index in [0.29, 0.717) is 12.0 Å². The Morgan fingerprint density at radius 3 is 2.52 bits per heavy atom. The third-order valence-corrected chi connectivity index (χ3v) is 3.90. The molecule has 0 fully saturated rings. The Morgan fingerprint density at radius 1 is 1.20 bits per heavy atom. The minimum absolute atomic E-state index is 0.150. The highest BCUT2D eigenvalue weighted by Crippen LogP contribution is 2.29. The number of phenols is 1. The van der Waals surface area contributed by atoms with Crippen molar-refractivity contribution in [3.8, 4) is 5.75 Å². The highest BCUT2D eigenvalue weighted by molar-refractivity contribution is 5.89. The zero-order valence-corrected chi connectivity index (χ0v) is 15.3. The number of carbonyl (C=O) groups is 1. The molecule has 5 nitrogen and oxygen atoms in total. The molecule has 0 aromatic heterocycles. The molecule has 0 saturated carbocycles. The molecular formula is C20H27NO4. The fourth-order valence-corrected chi connectivity index (χ4v) is 2.55. The number of phenolic OH excluding ortho intramolecular Hbond substituents is 1. The van der Waals surface area contributed by atoms with E-state index < -0.39 is 17.8 Å². The van der Waals surface area contributed by atoms with Crippen LogP contribution in [0.2, 0.25) is 0 Å². The van der Waals surface area contributed by atoms with Gasteiger partial charge in [0.05, 0.1) is 19.2 Å². The first kappa shape index (κ1) is 19.1. The van der Waals surface area contributed by atoms with Gasteiger partial charge < -0.3 is 19.8 Å². The molecule has 1 amide bonds. The highest BCUT2D eigenvalue weighted by Gasteiger charge is 2.25. The van der Waals surface area contributed by atoms with Crippen molar-refractivity contribution >= 4 is 16.9 Å². The maximum Gasteiger partial charge on any atom is 0.410 e. The summed E-state index contributed by atoms with van der Waals surface area (Å²) in [5.74, 6) is 0.151. The quantitative estimate of drug-likeness (QED) is 0.857. The Hall–Kier alpha value is -2.27. The summed E-state index contributed by atoms with van der Waals surface area (Å²) in [6, 6.07) is 11.2. The molecule has 0 unspecified atom stereocenters. The summed E-state index contributed by atoms with van der Waals surface area (Å²) >= 11 is 0. The molecule has 0 bridgehead atoms. The number of aliphatic hydroxyl groups excluding tert-OH is 1. The molecule has 2 aromatic carbocycles. The van der Waals surface area contributed by atoms with Crippen LogP contribution in [0.3, 0.4) is 0 Å². The molecule has 25 heavy (non-hydrogen) atoms. The number of nitrogens with zero attached hydrogens (tertiary/aromatic N) is 1. The summed E-state index contributed by atoms with van der Waals surface area (Å²) in [4.78, 5) is 13.9. The zero-order chi connectivity index (χ0) is 18.6. The Morgan fingerprint density at radius 2 is 1.88 bits per heavy atom. The Kier molecular flexibility index (Phi) is 5.90. The normalized spacial score (nSPS) is 12.8. The van der Waals surface area contributed by atoms with Gasteiger partial charge in [-0.15, -0.1) is 0 Å². The fraction of sp³-hybridized carbons (Fsp3) is 0.450. The zero-order valence-electron chi connectivity index (χ0n) is 15.3. The molecule has 1 atom stereocenters. The van der Waals surface area contributed by atoms with Gasteiger partial charge in [-0.2, -0.15) is 0 Å². The van der Waals surface area contributed by atoms with Crippen molar-refractivity contribution in [1.82, 2.24) is 4.90 Å². The number of rotatable bonds is 5. The molecule has 0 heterocycles. The van der Waals surface area contributed by atoms with E-state index in [9.17, 15) is 15.0 Å². The smallest absolute Gasteiger partial charge is 0.410 e. The second kappa shape index (κ2) is 7.74. The largest absolute Gasteiger partial charge is 0.507 e. The van der Waals surface area contributed by atoms with Gasteiger partial charge in [-0.1, -0.05) is 43.3 Å². The van der Waals surface area contributed by atoms with Gasteiger partial charge in [-0.05, 0) is 32.6 Å². The Bertz CT molecular complexity index is 736. The van der Waals surface area contributed by atoms with E-state index in [1.807, 2.05) is 37.3 Å². The number of aliphatic hydroxyl groups is 1. The van der Waals surface area contributed by atoms with E-state index in [-0.39, 0.29) is 18.8 Å². The van der Waals surface area contributed by atoms with E-state index >= 15 is 0 Å². The first-order valence-corrected chi connectivity index (χ1v) is 8.57.